The maximum absolute atomic E-state index is 4.46. The molecule has 0 atom stereocenters. The molecule has 8 heteroatoms. The second-order valence-corrected chi connectivity index (χ2v) is 6.18. The first kappa shape index (κ1) is 14.2. The van der Waals surface area contributed by atoms with E-state index < -0.39 is 0 Å². The predicted octanol–water partition coefficient (Wildman–Crippen LogP) is 2.93. The van der Waals surface area contributed by atoms with Crippen molar-refractivity contribution in [2.24, 2.45) is 0 Å². The monoisotopic (exact) mass is 318 g/mol. The van der Waals surface area contributed by atoms with Gasteiger partial charge in [0.05, 0.1) is 0 Å². The summed E-state index contributed by atoms with van der Waals surface area (Å²) in [5, 5.41) is 9.43. The Morgan fingerprint density at radius 1 is 1.19 bits per heavy atom. The first-order valence-corrected chi connectivity index (χ1v) is 8.24. The molecule has 0 aliphatic heterocycles. The lowest BCUT2D eigenvalue weighted by atomic mass is 10.2. The van der Waals surface area contributed by atoms with Crippen molar-refractivity contribution in [1.29, 1.82) is 0 Å². The average Bonchev–Trinajstić information content (AvgIpc) is 3.15. The van der Waals surface area contributed by atoms with Crippen LogP contribution in [0.5, 0.6) is 0 Å². The average molecular weight is 318 g/mol. The third-order valence-electron chi connectivity index (χ3n) is 2.92. The summed E-state index contributed by atoms with van der Waals surface area (Å²) in [5.41, 5.74) is 1.01. The molecule has 0 N–H and O–H groups in total. The molecule has 0 aliphatic rings. The summed E-state index contributed by atoms with van der Waals surface area (Å²) in [5.74, 6) is 1.72. The zero-order valence-electron chi connectivity index (χ0n) is 11.7. The predicted molar refractivity (Wildman–Crippen MR) is 82.3 cm³/mol. The van der Waals surface area contributed by atoms with Gasteiger partial charge in [0.2, 0.25) is 0 Å². The molecule has 3 rings (SSSR count). The minimum Gasteiger partial charge on any atom is -0.302 e. The number of aryl methyl sites for hydroxylation is 1. The maximum atomic E-state index is 4.46. The molecule has 0 saturated heterocycles. The van der Waals surface area contributed by atoms with Crippen LogP contribution in [0.15, 0.2) is 34.0 Å². The Morgan fingerprint density at radius 2 is 2.00 bits per heavy atom. The number of hydrogen-bond donors (Lipinski definition) is 0. The van der Waals surface area contributed by atoms with Crippen LogP contribution < -0.4 is 0 Å². The zero-order chi connectivity index (χ0) is 14.7. The Hall–Kier alpha value is -1.80. The van der Waals surface area contributed by atoms with Gasteiger partial charge in [-0.15, -0.1) is 10.2 Å². The first-order chi connectivity index (χ1) is 10.3. The van der Waals surface area contributed by atoms with E-state index in [1.165, 1.54) is 23.3 Å². The van der Waals surface area contributed by atoms with E-state index in [1.807, 2.05) is 19.1 Å². The maximum Gasteiger partial charge on any atom is 0.198 e. The van der Waals surface area contributed by atoms with E-state index in [2.05, 4.69) is 36.0 Å². The van der Waals surface area contributed by atoms with Gasteiger partial charge >= 0.3 is 0 Å². The number of aromatic nitrogens is 6. The second-order valence-electron chi connectivity index (χ2n) is 4.22. The second kappa shape index (κ2) is 6.31. The van der Waals surface area contributed by atoms with E-state index in [4.69, 9.17) is 0 Å². The van der Waals surface area contributed by atoms with E-state index in [0.29, 0.717) is 0 Å². The van der Waals surface area contributed by atoms with E-state index in [9.17, 15) is 0 Å². The molecule has 0 spiro atoms. The lowest BCUT2D eigenvalue weighted by Crippen LogP contribution is -1.99. The van der Waals surface area contributed by atoms with Crippen molar-refractivity contribution in [2.75, 3.05) is 0 Å². The van der Waals surface area contributed by atoms with Crippen molar-refractivity contribution in [2.45, 2.75) is 36.3 Å². The summed E-state index contributed by atoms with van der Waals surface area (Å²) in [7, 11) is 0. The van der Waals surface area contributed by atoms with Gasteiger partial charge < -0.3 is 4.57 Å². The minimum absolute atomic E-state index is 0.798. The molecule has 3 heterocycles. The molecule has 0 bridgehead atoms. The molecule has 0 aromatic carbocycles. The number of rotatable bonds is 5. The molecule has 3 aromatic rings. The lowest BCUT2D eigenvalue weighted by Gasteiger charge is -2.05. The van der Waals surface area contributed by atoms with Crippen LogP contribution in [0.25, 0.3) is 11.4 Å². The summed E-state index contributed by atoms with van der Waals surface area (Å²) in [6.45, 7) is 4.93. The number of hydrogen-bond acceptors (Lipinski definition) is 7. The molecule has 0 radical (unpaired) electrons. The SMILES string of the molecule is CCc1nsc(Sc2nnc(-c3ccncc3)n2CC)n1. The molecule has 0 aliphatic carbocycles. The van der Waals surface area contributed by atoms with Gasteiger partial charge in [0.15, 0.2) is 15.3 Å². The highest BCUT2D eigenvalue weighted by molar-refractivity contribution is 8.00. The standard InChI is InChI=1S/C13H14N6S2/c1-3-10-15-13(21-18-10)20-12-17-16-11(19(12)4-2)9-5-7-14-8-6-9/h5-8H,3-4H2,1-2H3. The summed E-state index contributed by atoms with van der Waals surface area (Å²) in [4.78, 5) is 8.49. The minimum atomic E-state index is 0.798. The van der Waals surface area contributed by atoms with Crippen molar-refractivity contribution < 1.29 is 0 Å². The topological polar surface area (TPSA) is 69.4 Å². The van der Waals surface area contributed by atoms with Gasteiger partial charge in [0, 0.05) is 30.9 Å². The molecule has 21 heavy (non-hydrogen) atoms. The molecule has 108 valence electrons. The van der Waals surface area contributed by atoms with Crippen molar-refractivity contribution in [3.63, 3.8) is 0 Å². The lowest BCUT2D eigenvalue weighted by molar-refractivity contribution is 0.687. The van der Waals surface area contributed by atoms with E-state index in [0.717, 1.165) is 39.7 Å². The Labute approximate surface area is 130 Å². The van der Waals surface area contributed by atoms with Crippen LogP contribution in [0, 0.1) is 0 Å². The van der Waals surface area contributed by atoms with Gasteiger partial charge in [0.25, 0.3) is 0 Å². The Bertz CT molecular complexity index is 721. The van der Waals surface area contributed by atoms with Crippen molar-refractivity contribution in [3.8, 4) is 11.4 Å². The van der Waals surface area contributed by atoms with Crippen molar-refractivity contribution >= 4 is 23.3 Å². The zero-order valence-corrected chi connectivity index (χ0v) is 13.4. The summed E-state index contributed by atoms with van der Waals surface area (Å²) >= 11 is 2.91. The van der Waals surface area contributed by atoms with Crippen LogP contribution >= 0.6 is 23.3 Å². The molecule has 0 amide bonds. The van der Waals surface area contributed by atoms with E-state index >= 15 is 0 Å². The van der Waals surface area contributed by atoms with Crippen molar-refractivity contribution in [3.05, 3.63) is 30.4 Å². The highest BCUT2D eigenvalue weighted by atomic mass is 32.2. The first-order valence-electron chi connectivity index (χ1n) is 6.65. The Morgan fingerprint density at radius 3 is 2.67 bits per heavy atom. The third kappa shape index (κ3) is 2.96. The molecular weight excluding hydrogens is 304 g/mol. The smallest absolute Gasteiger partial charge is 0.198 e. The van der Waals surface area contributed by atoms with Gasteiger partial charge in [-0.2, -0.15) is 4.37 Å². The van der Waals surface area contributed by atoms with Crippen LogP contribution in [0.4, 0.5) is 0 Å². The van der Waals surface area contributed by atoms with Crippen molar-refractivity contribution in [1.82, 2.24) is 29.1 Å². The van der Waals surface area contributed by atoms with Crippen LogP contribution in [-0.2, 0) is 13.0 Å². The van der Waals surface area contributed by atoms with E-state index in [-0.39, 0.29) is 0 Å². The largest absolute Gasteiger partial charge is 0.302 e. The Kier molecular flexibility index (Phi) is 4.26. The van der Waals surface area contributed by atoms with Crippen LogP contribution in [0.3, 0.4) is 0 Å². The van der Waals surface area contributed by atoms with Crippen LogP contribution in [0.2, 0.25) is 0 Å². The fourth-order valence-corrected chi connectivity index (χ4v) is 3.56. The molecule has 0 unspecified atom stereocenters. The molecule has 6 nitrogen and oxygen atoms in total. The van der Waals surface area contributed by atoms with Gasteiger partial charge in [-0.25, -0.2) is 4.98 Å². The van der Waals surface area contributed by atoms with Gasteiger partial charge in [-0.1, -0.05) is 6.92 Å². The fourth-order valence-electron chi connectivity index (χ4n) is 1.86. The molecule has 3 aromatic heterocycles. The summed E-state index contributed by atoms with van der Waals surface area (Å²) in [6.07, 6.45) is 4.37. The Balaban J connectivity index is 1.91. The normalized spacial score (nSPS) is 11.0. The van der Waals surface area contributed by atoms with Gasteiger partial charge in [0.1, 0.15) is 5.82 Å². The van der Waals surface area contributed by atoms with Gasteiger partial charge in [-0.3, -0.25) is 4.98 Å². The van der Waals surface area contributed by atoms with Crippen LogP contribution in [-0.4, -0.2) is 29.1 Å². The summed E-state index contributed by atoms with van der Waals surface area (Å²) < 4.78 is 7.27. The fraction of sp³-hybridized carbons (Fsp3) is 0.308. The highest BCUT2D eigenvalue weighted by Crippen LogP contribution is 2.30. The van der Waals surface area contributed by atoms with Crippen LogP contribution in [0.1, 0.15) is 19.7 Å². The summed E-state index contributed by atoms with van der Waals surface area (Å²) in [6, 6.07) is 3.87. The van der Waals surface area contributed by atoms with Gasteiger partial charge in [-0.05, 0) is 42.4 Å². The third-order valence-corrected chi connectivity index (χ3v) is 4.69. The molecule has 0 fully saturated rings. The molecule has 0 saturated carbocycles. The molecular formula is C13H14N6S2. The quantitative estimate of drug-likeness (QED) is 0.720. The number of pyridine rings is 1. The number of nitrogens with zero attached hydrogens (tertiary/aromatic N) is 6. The van der Waals surface area contributed by atoms with E-state index in [1.54, 1.807) is 12.4 Å². The highest BCUT2D eigenvalue weighted by Gasteiger charge is 2.15.